The highest BCUT2D eigenvalue weighted by Gasteiger charge is 2.17. The number of rotatable bonds is 6. The van der Waals surface area contributed by atoms with Crippen LogP contribution in [0.1, 0.15) is 0 Å². The molecule has 10 aromatic rings. The SMILES string of the molecule is c1ccc(-c2nc(-c3cccc(-c4cccnc4)c3)cc(-c3cc(-c4cccc5ccccc45)cc(-c4cccc5c4sc4ccccc45)c3)n2)cc1. The molecule has 248 valence electrons. The predicted octanol–water partition coefficient (Wildman–Crippen LogP) is 13.4. The van der Waals surface area contributed by atoms with E-state index in [4.69, 9.17) is 9.97 Å². The zero-order valence-electron chi connectivity index (χ0n) is 28.6. The van der Waals surface area contributed by atoms with Crippen LogP contribution in [-0.2, 0) is 0 Å². The Morgan fingerprint density at radius 1 is 0.377 bits per heavy atom. The third-order valence-corrected chi connectivity index (χ3v) is 11.2. The maximum absolute atomic E-state index is 5.29. The minimum atomic E-state index is 0.689. The van der Waals surface area contributed by atoms with Crippen LogP contribution in [-0.4, -0.2) is 15.0 Å². The largest absolute Gasteiger partial charge is 0.264 e. The molecule has 0 aliphatic carbocycles. The highest BCUT2D eigenvalue weighted by atomic mass is 32.1. The number of thiophene rings is 1. The van der Waals surface area contributed by atoms with E-state index in [1.54, 1.807) is 6.20 Å². The van der Waals surface area contributed by atoms with E-state index in [1.807, 2.05) is 41.8 Å². The van der Waals surface area contributed by atoms with Gasteiger partial charge in [0.1, 0.15) is 0 Å². The fraction of sp³-hybridized carbons (Fsp3) is 0. The number of benzene rings is 7. The van der Waals surface area contributed by atoms with Gasteiger partial charge >= 0.3 is 0 Å². The van der Waals surface area contributed by atoms with E-state index in [9.17, 15) is 0 Å². The van der Waals surface area contributed by atoms with Crippen LogP contribution in [0.5, 0.6) is 0 Å². The Hall–Kier alpha value is -6.75. The molecule has 0 saturated heterocycles. The third-order valence-electron chi connectivity index (χ3n) is 9.96. The number of hydrogen-bond acceptors (Lipinski definition) is 4. The van der Waals surface area contributed by atoms with E-state index in [0.717, 1.165) is 50.3 Å². The molecule has 0 atom stereocenters. The Labute approximate surface area is 311 Å². The lowest BCUT2D eigenvalue weighted by Crippen LogP contribution is -1.97. The number of hydrogen-bond donors (Lipinski definition) is 0. The minimum absolute atomic E-state index is 0.689. The van der Waals surface area contributed by atoms with Gasteiger partial charge in [-0.25, -0.2) is 9.97 Å². The van der Waals surface area contributed by atoms with Crippen LogP contribution < -0.4 is 0 Å². The van der Waals surface area contributed by atoms with E-state index >= 15 is 0 Å². The first kappa shape index (κ1) is 31.0. The molecule has 0 radical (unpaired) electrons. The molecular formula is C49H31N3S. The summed E-state index contributed by atoms with van der Waals surface area (Å²) in [5, 5.41) is 5.01. The highest BCUT2D eigenvalue weighted by molar-refractivity contribution is 7.26. The molecule has 53 heavy (non-hydrogen) atoms. The fourth-order valence-electron chi connectivity index (χ4n) is 7.39. The van der Waals surface area contributed by atoms with Crippen molar-refractivity contribution >= 4 is 42.3 Å². The van der Waals surface area contributed by atoms with Crippen molar-refractivity contribution in [1.82, 2.24) is 15.0 Å². The second kappa shape index (κ2) is 13.1. The van der Waals surface area contributed by atoms with Crippen molar-refractivity contribution in [2.45, 2.75) is 0 Å². The summed E-state index contributed by atoms with van der Waals surface area (Å²) in [6.07, 6.45) is 3.70. The zero-order valence-corrected chi connectivity index (χ0v) is 29.5. The monoisotopic (exact) mass is 693 g/mol. The normalized spacial score (nSPS) is 11.4. The Bertz CT molecular complexity index is 2940. The molecule has 0 spiro atoms. The van der Waals surface area contributed by atoms with E-state index in [-0.39, 0.29) is 0 Å². The van der Waals surface area contributed by atoms with E-state index in [0.29, 0.717) is 5.82 Å². The van der Waals surface area contributed by atoms with Gasteiger partial charge < -0.3 is 0 Å². The average Bonchev–Trinajstić information content (AvgIpc) is 3.63. The summed E-state index contributed by atoms with van der Waals surface area (Å²) in [5.74, 6) is 0.689. The van der Waals surface area contributed by atoms with E-state index in [1.165, 1.54) is 42.1 Å². The average molecular weight is 694 g/mol. The second-order valence-corrected chi connectivity index (χ2v) is 14.3. The van der Waals surface area contributed by atoms with E-state index < -0.39 is 0 Å². The number of fused-ring (bicyclic) bond motifs is 4. The summed E-state index contributed by atoms with van der Waals surface area (Å²) >= 11 is 1.86. The van der Waals surface area contributed by atoms with Gasteiger partial charge in [-0.2, -0.15) is 0 Å². The molecule has 3 aromatic heterocycles. The van der Waals surface area contributed by atoms with Crippen molar-refractivity contribution < 1.29 is 0 Å². The lowest BCUT2D eigenvalue weighted by molar-refractivity contribution is 1.18. The molecule has 4 heteroatoms. The molecule has 0 fully saturated rings. The standard InChI is InChI=1S/C49H31N3S/c1-2-13-33(14-3-1)49-51-45(35-17-8-16-34(26-35)36-18-11-25-50-31-36)30-46(52-49)39-28-37(41-21-9-15-32-12-4-5-19-40(32)41)27-38(29-39)42-22-10-23-44-43-20-6-7-24-47(43)53-48(42)44/h1-31H. The van der Waals surface area contributed by atoms with Crippen LogP contribution in [0.4, 0.5) is 0 Å². The molecule has 0 aliphatic rings. The van der Waals surface area contributed by atoms with Gasteiger partial charge in [-0.15, -0.1) is 11.3 Å². The van der Waals surface area contributed by atoms with Gasteiger partial charge in [-0.1, -0.05) is 133 Å². The van der Waals surface area contributed by atoms with E-state index in [2.05, 4.69) is 157 Å². The maximum Gasteiger partial charge on any atom is 0.160 e. The van der Waals surface area contributed by atoms with Crippen LogP contribution in [0.15, 0.2) is 188 Å². The van der Waals surface area contributed by atoms with Crippen molar-refractivity contribution in [2.24, 2.45) is 0 Å². The number of nitrogens with zero attached hydrogens (tertiary/aromatic N) is 3. The molecule has 3 heterocycles. The van der Waals surface area contributed by atoms with Gasteiger partial charge in [0.05, 0.1) is 11.4 Å². The van der Waals surface area contributed by atoms with Gasteiger partial charge in [0.15, 0.2) is 5.82 Å². The van der Waals surface area contributed by atoms with Crippen molar-refractivity contribution in [1.29, 1.82) is 0 Å². The summed E-state index contributed by atoms with van der Waals surface area (Å²) in [6, 6.07) is 62.5. The van der Waals surface area contributed by atoms with Gasteiger partial charge in [-0.05, 0) is 81.1 Å². The Morgan fingerprint density at radius 2 is 0.981 bits per heavy atom. The second-order valence-electron chi connectivity index (χ2n) is 13.3. The number of aromatic nitrogens is 3. The summed E-state index contributed by atoms with van der Waals surface area (Å²) in [4.78, 5) is 14.8. The summed E-state index contributed by atoms with van der Waals surface area (Å²) in [5.41, 5.74) is 11.6. The minimum Gasteiger partial charge on any atom is -0.264 e. The zero-order chi connectivity index (χ0) is 35.1. The summed E-state index contributed by atoms with van der Waals surface area (Å²) in [7, 11) is 0. The highest BCUT2D eigenvalue weighted by Crippen LogP contribution is 2.43. The van der Waals surface area contributed by atoms with Crippen molar-refractivity contribution in [2.75, 3.05) is 0 Å². The van der Waals surface area contributed by atoms with Crippen molar-refractivity contribution in [3.05, 3.63) is 188 Å². The third kappa shape index (κ3) is 5.76. The molecule has 0 amide bonds. The van der Waals surface area contributed by atoms with Crippen LogP contribution in [0.2, 0.25) is 0 Å². The quantitative estimate of drug-likeness (QED) is 0.174. The van der Waals surface area contributed by atoms with Crippen LogP contribution >= 0.6 is 11.3 Å². The lowest BCUT2D eigenvalue weighted by atomic mass is 9.91. The maximum atomic E-state index is 5.29. The molecule has 0 unspecified atom stereocenters. The first-order valence-corrected chi connectivity index (χ1v) is 18.6. The van der Waals surface area contributed by atoms with Crippen LogP contribution in [0.25, 0.3) is 98.2 Å². The number of pyridine rings is 1. The smallest absolute Gasteiger partial charge is 0.160 e. The first-order valence-electron chi connectivity index (χ1n) is 17.7. The molecular weight excluding hydrogens is 663 g/mol. The van der Waals surface area contributed by atoms with Gasteiger partial charge in [0.25, 0.3) is 0 Å². The van der Waals surface area contributed by atoms with Crippen LogP contribution in [0.3, 0.4) is 0 Å². The van der Waals surface area contributed by atoms with Gasteiger partial charge in [0.2, 0.25) is 0 Å². The molecule has 7 aromatic carbocycles. The fourth-order valence-corrected chi connectivity index (χ4v) is 8.63. The first-order chi connectivity index (χ1) is 26.2. The molecule has 0 saturated carbocycles. The summed E-state index contributed by atoms with van der Waals surface area (Å²) in [6.45, 7) is 0. The van der Waals surface area contributed by atoms with Crippen LogP contribution in [0, 0.1) is 0 Å². The molecule has 0 bridgehead atoms. The summed E-state index contributed by atoms with van der Waals surface area (Å²) < 4.78 is 2.58. The molecule has 10 rings (SSSR count). The Balaban J connectivity index is 1.23. The molecule has 3 nitrogen and oxygen atoms in total. The Kier molecular flexibility index (Phi) is 7.67. The topological polar surface area (TPSA) is 38.7 Å². The Morgan fingerprint density at radius 3 is 1.85 bits per heavy atom. The predicted molar refractivity (Wildman–Crippen MR) is 223 cm³/mol. The van der Waals surface area contributed by atoms with Gasteiger partial charge in [0, 0.05) is 54.8 Å². The van der Waals surface area contributed by atoms with Gasteiger partial charge in [-0.3, -0.25) is 4.98 Å². The van der Waals surface area contributed by atoms with Crippen molar-refractivity contribution in [3.8, 4) is 67.3 Å². The molecule has 0 aliphatic heterocycles. The lowest BCUT2D eigenvalue weighted by Gasteiger charge is -2.15. The molecule has 0 N–H and O–H groups in total. The van der Waals surface area contributed by atoms with Crippen molar-refractivity contribution in [3.63, 3.8) is 0 Å².